The Balaban J connectivity index is 2.10. The summed E-state index contributed by atoms with van der Waals surface area (Å²) in [6.07, 6.45) is -2.51. The van der Waals surface area contributed by atoms with E-state index in [0.29, 0.717) is 6.42 Å². The number of benzene rings is 1. The van der Waals surface area contributed by atoms with Crippen molar-refractivity contribution in [2.45, 2.75) is 32.0 Å². The molecule has 2 rings (SSSR count). The molecule has 0 aliphatic rings. The van der Waals surface area contributed by atoms with Crippen LogP contribution in [-0.2, 0) is 17.4 Å². The van der Waals surface area contributed by atoms with E-state index in [4.69, 9.17) is 0 Å². The van der Waals surface area contributed by atoms with Crippen LogP contribution in [0.25, 0.3) is 0 Å². The maximum absolute atomic E-state index is 12.9. The number of thiazole rings is 1. The highest BCUT2D eigenvalue weighted by atomic mass is 32.1. The van der Waals surface area contributed by atoms with Gasteiger partial charge in [-0.15, -0.1) is 11.3 Å². The van der Waals surface area contributed by atoms with Gasteiger partial charge in [-0.25, -0.2) is 4.98 Å². The van der Waals surface area contributed by atoms with Gasteiger partial charge in [-0.2, -0.15) is 13.2 Å². The van der Waals surface area contributed by atoms with Crippen molar-refractivity contribution in [3.8, 4) is 0 Å². The molecular weight excluding hydrogens is 313 g/mol. The number of amides is 1. The number of hydrogen-bond acceptors (Lipinski definition) is 3. The normalized spacial score (nSPS) is 12.9. The Kier molecular flexibility index (Phi) is 5.18. The van der Waals surface area contributed by atoms with Gasteiger partial charge in [0.1, 0.15) is 5.01 Å². The van der Waals surface area contributed by atoms with Gasteiger partial charge in [0.2, 0.25) is 5.91 Å². The van der Waals surface area contributed by atoms with Crippen LogP contribution < -0.4 is 5.32 Å². The van der Waals surface area contributed by atoms with E-state index in [1.54, 1.807) is 11.6 Å². The minimum Gasteiger partial charge on any atom is -0.347 e. The summed E-state index contributed by atoms with van der Waals surface area (Å²) in [7, 11) is 0. The smallest absolute Gasteiger partial charge is 0.347 e. The number of nitrogens with one attached hydrogen (secondary N) is 1. The molecule has 2 aromatic rings. The third kappa shape index (κ3) is 4.07. The highest BCUT2D eigenvalue weighted by Gasteiger charge is 2.33. The second-order valence-corrected chi connectivity index (χ2v) is 5.66. The SMILES string of the molecule is CC[C@@H](NC(=O)Cc1ccccc1C(F)(F)F)c1nccs1. The second kappa shape index (κ2) is 6.91. The third-order valence-corrected chi connectivity index (χ3v) is 4.06. The molecule has 22 heavy (non-hydrogen) atoms. The summed E-state index contributed by atoms with van der Waals surface area (Å²) in [5, 5.41) is 5.28. The van der Waals surface area contributed by atoms with Gasteiger partial charge in [0.15, 0.2) is 0 Å². The van der Waals surface area contributed by atoms with Crippen molar-refractivity contribution in [1.29, 1.82) is 0 Å². The molecule has 1 N–H and O–H groups in total. The van der Waals surface area contributed by atoms with Crippen LogP contribution in [0.1, 0.15) is 35.5 Å². The lowest BCUT2D eigenvalue weighted by atomic mass is 10.0. The van der Waals surface area contributed by atoms with Crippen molar-refractivity contribution in [2.24, 2.45) is 0 Å². The average molecular weight is 328 g/mol. The van der Waals surface area contributed by atoms with Crippen LogP contribution in [0.5, 0.6) is 0 Å². The van der Waals surface area contributed by atoms with Crippen molar-refractivity contribution >= 4 is 17.2 Å². The van der Waals surface area contributed by atoms with Gasteiger partial charge in [-0.3, -0.25) is 4.79 Å². The molecule has 0 aliphatic carbocycles. The van der Waals surface area contributed by atoms with Crippen LogP contribution in [0.2, 0.25) is 0 Å². The predicted molar refractivity (Wildman–Crippen MR) is 78.4 cm³/mol. The zero-order valence-electron chi connectivity index (χ0n) is 11.9. The first-order chi connectivity index (χ1) is 10.4. The summed E-state index contributed by atoms with van der Waals surface area (Å²) < 4.78 is 38.7. The molecule has 0 spiro atoms. The van der Waals surface area contributed by atoms with Crippen LogP contribution in [0, 0.1) is 0 Å². The average Bonchev–Trinajstić information content (AvgIpc) is 2.98. The van der Waals surface area contributed by atoms with Crippen molar-refractivity contribution < 1.29 is 18.0 Å². The quantitative estimate of drug-likeness (QED) is 0.902. The van der Waals surface area contributed by atoms with Gasteiger partial charge < -0.3 is 5.32 Å². The Bertz CT molecular complexity index is 626. The van der Waals surface area contributed by atoms with E-state index in [9.17, 15) is 18.0 Å². The third-order valence-electron chi connectivity index (χ3n) is 3.17. The number of rotatable bonds is 5. The maximum Gasteiger partial charge on any atom is 0.416 e. The van der Waals surface area contributed by atoms with Gasteiger partial charge in [-0.1, -0.05) is 25.1 Å². The van der Waals surface area contributed by atoms with E-state index in [2.05, 4.69) is 10.3 Å². The molecular formula is C15H15F3N2OS. The number of halogens is 3. The first kappa shape index (κ1) is 16.5. The highest BCUT2D eigenvalue weighted by Crippen LogP contribution is 2.32. The molecule has 118 valence electrons. The summed E-state index contributed by atoms with van der Waals surface area (Å²) >= 11 is 1.41. The Hall–Kier alpha value is -1.89. The molecule has 0 unspecified atom stereocenters. The Morgan fingerprint density at radius 3 is 2.68 bits per heavy atom. The first-order valence-corrected chi connectivity index (χ1v) is 7.63. The number of carbonyl (C=O) groups is 1. The fourth-order valence-corrected chi connectivity index (χ4v) is 2.89. The van der Waals surface area contributed by atoms with Gasteiger partial charge in [0.25, 0.3) is 0 Å². The summed E-state index contributed by atoms with van der Waals surface area (Å²) in [4.78, 5) is 16.2. The number of carbonyl (C=O) groups excluding carboxylic acids is 1. The molecule has 0 bridgehead atoms. The molecule has 1 amide bonds. The van der Waals surface area contributed by atoms with Crippen LogP contribution in [-0.4, -0.2) is 10.9 Å². The van der Waals surface area contributed by atoms with Crippen molar-refractivity contribution in [3.63, 3.8) is 0 Å². The standard InChI is InChI=1S/C15H15F3N2OS/c1-2-12(14-19-7-8-22-14)20-13(21)9-10-5-3-4-6-11(10)15(16,17)18/h3-8,12H,2,9H2,1H3,(H,20,21)/t12-/m1/s1. The topological polar surface area (TPSA) is 42.0 Å². The molecule has 1 aromatic carbocycles. The van der Waals surface area contributed by atoms with E-state index in [1.165, 1.54) is 29.5 Å². The van der Waals surface area contributed by atoms with E-state index in [-0.39, 0.29) is 18.0 Å². The van der Waals surface area contributed by atoms with Gasteiger partial charge in [0.05, 0.1) is 18.0 Å². The van der Waals surface area contributed by atoms with Gasteiger partial charge >= 0.3 is 6.18 Å². The molecule has 0 fully saturated rings. The lowest BCUT2D eigenvalue weighted by Crippen LogP contribution is -2.30. The molecule has 0 radical (unpaired) electrons. The summed E-state index contributed by atoms with van der Waals surface area (Å²) in [6, 6.07) is 4.85. The number of aromatic nitrogens is 1. The summed E-state index contributed by atoms with van der Waals surface area (Å²) in [5.74, 6) is -0.446. The summed E-state index contributed by atoms with van der Waals surface area (Å²) in [5.41, 5.74) is -0.797. The number of nitrogens with zero attached hydrogens (tertiary/aromatic N) is 1. The molecule has 0 saturated heterocycles. The number of hydrogen-bond donors (Lipinski definition) is 1. The van der Waals surface area contributed by atoms with Gasteiger partial charge in [-0.05, 0) is 18.1 Å². The van der Waals surface area contributed by atoms with Crippen molar-refractivity contribution in [3.05, 3.63) is 52.0 Å². The van der Waals surface area contributed by atoms with Gasteiger partial charge in [0, 0.05) is 11.6 Å². The molecule has 0 aliphatic heterocycles. The monoisotopic (exact) mass is 328 g/mol. The van der Waals surface area contributed by atoms with E-state index in [0.717, 1.165) is 11.1 Å². The molecule has 1 heterocycles. The molecule has 1 atom stereocenters. The maximum atomic E-state index is 12.9. The van der Waals surface area contributed by atoms with E-state index < -0.39 is 17.6 Å². The van der Waals surface area contributed by atoms with Crippen LogP contribution in [0.3, 0.4) is 0 Å². The second-order valence-electron chi connectivity index (χ2n) is 4.73. The predicted octanol–water partition coefficient (Wildman–Crippen LogP) is 3.97. The Morgan fingerprint density at radius 1 is 1.36 bits per heavy atom. The van der Waals surface area contributed by atoms with Crippen molar-refractivity contribution in [2.75, 3.05) is 0 Å². The lowest BCUT2D eigenvalue weighted by Gasteiger charge is -2.16. The fraction of sp³-hybridized carbons (Fsp3) is 0.333. The minimum atomic E-state index is -4.46. The molecule has 1 aromatic heterocycles. The van der Waals surface area contributed by atoms with Crippen LogP contribution >= 0.6 is 11.3 Å². The minimum absolute atomic E-state index is 0.0264. The fourth-order valence-electron chi connectivity index (χ4n) is 2.11. The van der Waals surface area contributed by atoms with Crippen LogP contribution in [0.15, 0.2) is 35.8 Å². The Morgan fingerprint density at radius 2 is 2.09 bits per heavy atom. The summed E-state index contributed by atoms with van der Waals surface area (Å²) in [6.45, 7) is 1.88. The molecule has 7 heteroatoms. The zero-order chi connectivity index (χ0) is 16.2. The van der Waals surface area contributed by atoms with Crippen LogP contribution in [0.4, 0.5) is 13.2 Å². The molecule has 3 nitrogen and oxygen atoms in total. The highest BCUT2D eigenvalue weighted by molar-refractivity contribution is 7.09. The zero-order valence-corrected chi connectivity index (χ0v) is 12.7. The first-order valence-electron chi connectivity index (χ1n) is 6.75. The lowest BCUT2D eigenvalue weighted by molar-refractivity contribution is -0.138. The molecule has 0 saturated carbocycles. The largest absolute Gasteiger partial charge is 0.416 e. The Labute approximate surface area is 130 Å². The van der Waals surface area contributed by atoms with E-state index >= 15 is 0 Å². The number of alkyl halides is 3. The van der Waals surface area contributed by atoms with Crippen molar-refractivity contribution in [1.82, 2.24) is 10.3 Å². The van der Waals surface area contributed by atoms with E-state index in [1.807, 2.05) is 6.92 Å².